The molecule has 122 valence electrons. The van der Waals surface area contributed by atoms with Gasteiger partial charge in [0.15, 0.2) is 4.80 Å². The van der Waals surface area contributed by atoms with Crippen LogP contribution in [0, 0.1) is 0 Å². The van der Waals surface area contributed by atoms with Gasteiger partial charge in [0, 0.05) is 6.07 Å². The largest absolute Gasteiger partial charge is 0.467 e. The molecule has 0 aliphatic carbocycles. The Labute approximate surface area is 141 Å². The van der Waals surface area contributed by atoms with Crippen LogP contribution in [-0.4, -0.2) is 17.6 Å². The predicted molar refractivity (Wildman–Crippen MR) is 89.4 cm³/mol. The van der Waals surface area contributed by atoms with Crippen LogP contribution >= 0.6 is 11.3 Å². The van der Waals surface area contributed by atoms with Gasteiger partial charge in [-0.2, -0.15) is 0 Å². The lowest BCUT2D eigenvalue weighted by molar-refractivity contribution is 0.0606. The predicted octanol–water partition coefficient (Wildman–Crippen LogP) is 2.57. The summed E-state index contributed by atoms with van der Waals surface area (Å²) in [6, 6.07) is 14.0. The van der Waals surface area contributed by atoms with Crippen LogP contribution in [0.15, 0.2) is 69.0 Å². The Bertz CT molecular complexity index is 956. The summed E-state index contributed by atoms with van der Waals surface area (Å²) in [5.74, 6) is 0.0615. The van der Waals surface area contributed by atoms with E-state index < -0.39 is 5.97 Å². The van der Waals surface area contributed by atoms with Crippen molar-refractivity contribution in [2.24, 2.45) is 4.99 Å². The number of hydrogen-bond donors (Lipinski definition) is 0. The molecule has 0 bridgehead atoms. The Morgan fingerprint density at radius 2 is 2.04 bits per heavy atom. The molecule has 0 N–H and O–H groups in total. The Morgan fingerprint density at radius 1 is 1.25 bits per heavy atom. The highest BCUT2D eigenvalue weighted by Gasteiger charge is 2.12. The van der Waals surface area contributed by atoms with E-state index in [9.17, 15) is 9.59 Å². The molecule has 0 unspecified atom stereocenters. The zero-order valence-corrected chi connectivity index (χ0v) is 13.7. The lowest BCUT2D eigenvalue weighted by Crippen LogP contribution is -2.32. The van der Waals surface area contributed by atoms with E-state index in [4.69, 9.17) is 9.15 Å². The van der Waals surface area contributed by atoms with Crippen molar-refractivity contribution in [3.63, 3.8) is 0 Å². The minimum atomic E-state index is -0.563. The first-order chi connectivity index (χ1) is 11.7. The van der Waals surface area contributed by atoms with Crippen molar-refractivity contribution >= 4 is 23.0 Å². The third-order valence-corrected chi connectivity index (χ3v) is 4.21. The highest BCUT2D eigenvalue weighted by atomic mass is 32.1. The third-order valence-electron chi connectivity index (χ3n) is 3.21. The molecule has 3 aromatic rings. The molecule has 2 heterocycles. The quantitative estimate of drug-likeness (QED) is 0.683. The van der Waals surface area contributed by atoms with Gasteiger partial charge in [-0.15, -0.1) is 0 Å². The second-order valence-electron chi connectivity index (χ2n) is 4.84. The van der Waals surface area contributed by atoms with Crippen molar-refractivity contribution in [3.05, 3.63) is 80.6 Å². The van der Waals surface area contributed by atoms with Gasteiger partial charge in [0.2, 0.25) is 0 Å². The van der Waals surface area contributed by atoms with E-state index in [0.717, 1.165) is 11.3 Å². The average molecular weight is 342 g/mol. The lowest BCUT2D eigenvalue weighted by Gasteiger charge is -2.06. The number of methoxy groups -OCH3 is 1. The van der Waals surface area contributed by atoms with Gasteiger partial charge in [-0.3, -0.25) is 9.36 Å². The van der Waals surface area contributed by atoms with Crippen molar-refractivity contribution in [3.8, 4) is 0 Å². The van der Waals surface area contributed by atoms with Crippen LogP contribution in [0.3, 0.4) is 0 Å². The number of nitrogens with zero attached hydrogens (tertiary/aromatic N) is 2. The van der Waals surface area contributed by atoms with Gasteiger partial charge in [-0.05, 0) is 24.3 Å². The second kappa shape index (κ2) is 7.10. The highest BCUT2D eigenvalue weighted by molar-refractivity contribution is 7.11. The molecule has 7 heteroatoms. The number of furan rings is 1. The van der Waals surface area contributed by atoms with Gasteiger partial charge in [0.25, 0.3) is 5.56 Å². The summed E-state index contributed by atoms with van der Waals surface area (Å²) in [6.07, 6.45) is 1.54. The fourth-order valence-electron chi connectivity index (χ4n) is 2.07. The van der Waals surface area contributed by atoms with Crippen molar-refractivity contribution in [1.82, 2.24) is 4.57 Å². The molecule has 0 radical (unpaired) electrons. The molecular weight excluding hydrogens is 328 g/mol. The maximum Gasteiger partial charge on any atom is 0.348 e. The molecule has 0 spiro atoms. The molecule has 24 heavy (non-hydrogen) atoms. The van der Waals surface area contributed by atoms with Gasteiger partial charge in [-0.1, -0.05) is 29.5 Å². The summed E-state index contributed by atoms with van der Waals surface area (Å²) < 4.78 is 11.5. The summed E-state index contributed by atoms with van der Waals surface area (Å²) >= 11 is 1.09. The van der Waals surface area contributed by atoms with E-state index in [1.807, 2.05) is 30.3 Å². The minimum absolute atomic E-state index is 0.202. The number of carbonyl (C=O) groups excluding carboxylic acids is 1. The molecule has 0 fully saturated rings. The van der Waals surface area contributed by atoms with Crippen LogP contribution in [0.4, 0.5) is 5.69 Å². The number of para-hydroxylation sites is 1. The Hall–Kier alpha value is -2.93. The van der Waals surface area contributed by atoms with Gasteiger partial charge in [-0.25, -0.2) is 9.79 Å². The fraction of sp³-hybridized carbons (Fsp3) is 0.118. The first-order valence-corrected chi connectivity index (χ1v) is 7.94. The van der Waals surface area contributed by atoms with Crippen LogP contribution in [0.25, 0.3) is 0 Å². The standard InChI is InChI=1S/C17H14N2O4S/c1-22-16(21)14-10-15(20)19(11-13-8-5-9-23-13)17(24-14)18-12-6-3-2-4-7-12/h2-10H,11H2,1H3. The molecule has 1 aromatic carbocycles. The van der Waals surface area contributed by atoms with Gasteiger partial charge < -0.3 is 9.15 Å². The zero-order chi connectivity index (χ0) is 16.9. The number of ether oxygens (including phenoxy) is 1. The van der Waals surface area contributed by atoms with E-state index in [0.29, 0.717) is 16.2 Å². The summed E-state index contributed by atoms with van der Waals surface area (Å²) in [4.78, 5) is 29.3. The molecule has 0 atom stereocenters. The van der Waals surface area contributed by atoms with Gasteiger partial charge in [0.1, 0.15) is 10.6 Å². The van der Waals surface area contributed by atoms with Crippen LogP contribution in [0.2, 0.25) is 0 Å². The van der Waals surface area contributed by atoms with Crippen molar-refractivity contribution in [1.29, 1.82) is 0 Å². The molecule has 0 saturated carbocycles. The Balaban J connectivity index is 2.18. The molecule has 0 aliphatic rings. The highest BCUT2D eigenvalue weighted by Crippen LogP contribution is 2.10. The summed E-state index contributed by atoms with van der Waals surface area (Å²) in [5.41, 5.74) is 0.337. The van der Waals surface area contributed by atoms with Crippen LogP contribution in [0.5, 0.6) is 0 Å². The molecule has 0 amide bonds. The van der Waals surface area contributed by atoms with Crippen LogP contribution in [0.1, 0.15) is 15.4 Å². The first kappa shape index (κ1) is 15.9. The molecular formula is C17H14N2O4S. The second-order valence-corrected chi connectivity index (χ2v) is 5.85. The van der Waals surface area contributed by atoms with Crippen molar-refractivity contribution < 1.29 is 13.9 Å². The monoisotopic (exact) mass is 342 g/mol. The van der Waals surface area contributed by atoms with Crippen molar-refractivity contribution in [2.75, 3.05) is 7.11 Å². The summed E-state index contributed by atoms with van der Waals surface area (Å²) in [5, 5.41) is 0. The Morgan fingerprint density at radius 3 is 2.71 bits per heavy atom. The Kier molecular flexibility index (Phi) is 4.72. The number of esters is 1. The normalized spacial score (nSPS) is 11.5. The molecule has 6 nitrogen and oxygen atoms in total. The third kappa shape index (κ3) is 3.52. The summed E-state index contributed by atoms with van der Waals surface area (Å²) in [7, 11) is 1.28. The van der Waals surface area contributed by atoms with Gasteiger partial charge in [0.05, 0.1) is 25.6 Å². The number of benzene rings is 1. The maximum atomic E-state index is 12.5. The number of aromatic nitrogens is 1. The minimum Gasteiger partial charge on any atom is -0.467 e. The fourth-order valence-corrected chi connectivity index (χ4v) is 3.01. The van der Waals surface area contributed by atoms with Gasteiger partial charge >= 0.3 is 5.97 Å². The SMILES string of the molecule is COC(=O)c1cc(=O)n(Cc2ccco2)c(=Nc2ccccc2)s1. The maximum absolute atomic E-state index is 12.5. The molecule has 0 aliphatic heterocycles. The van der Waals surface area contributed by atoms with Crippen LogP contribution < -0.4 is 10.4 Å². The smallest absolute Gasteiger partial charge is 0.348 e. The molecule has 2 aromatic heterocycles. The topological polar surface area (TPSA) is 73.8 Å². The van der Waals surface area contributed by atoms with E-state index in [1.165, 1.54) is 17.7 Å². The molecule has 0 saturated heterocycles. The average Bonchev–Trinajstić information content (AvgIpc) is 3.11. The summed E-state index contributed by atoms with van der Waals surface area (Å²) in [6.45, 7) is 0.232. The zero-order valence-electron chi connectivity index (χ0n) is 12.8. The van der Waals surface area contributed by atoms with Crippen molar-refractivity contribution in [2.45, 2.75) is 6.54 Å². The van der Waals surface area contributed by atoms with Crippen LogP contribution in [-0.2, 0) is 11.3 Å². The van der Waals surface area contributed by atoms with E-state index in [2.05, 4.69) is 4.99 Å². The lowest BCUT2D eigenvalue weighted by atomic mass is 10.3. The van der Waals surface area contributed by atoms with E-state index in [-0.39, 0.29) is 17.0 Å². The number of hydrogen-bond acceptors (Lipinski definition) is 6. The van der Waals surface area contributed by atoms with E-state index in [1.54, 1.807) is 18.4 Å². The number of carbonyl (C=O) groups is 1. The van der Waals surface area contributed by atoms with E-state index >= 15 is 0 Å². The first-order valence-electron chi connectivity index (χ1n) is 7.13. The number of rotatable bonds is 4. The molecule has 3 rings (SSSR count).